The third-order valence-corrected chi connectivity index (χ3v) is 3.87. The Balaban J connectivity index is 3.19. The molecule has 0 aliphatic rings. The number of alkyl halides is 3. The van der Waals surface area contributed by atoms with Gasteiger partial charge in [0.25, 0.3) is 0 Å². The minimum absolute atomic E-state index is 0.133. The van der Waals surface area contributed by atoms with Crippen molar-refractivity contribution in [3.8, 4) is 0 Å². The van der Waals surface area contributed by atoms with Crippen LogP contribution in [0.5, 0.6) is 0 Å². The van der Waals surface area contributed by atoms with Crippen LogP contribution in [0.1, 0.15) is 43.9 Å². The largest absolute Gasteiger partial charge is 0.416 e. The third-order valence-electron chi connectivity index (χ3n) is 3.87. The van der Waals surface area contributed by atoms with Crippen molar-refractivity contribution < 1.29 is 17.6 Å². The van der Waals surface area contributed by atoms with Crippen LogP contribution in [0.25, 0.3) is 0 Å². The van der Waals surface area contributed by atoms with Gasteiger partial charge >= 0.3 is 6.18 Å². The van der Waals surface area contributed by atoms with Gasteiger partial charge in [0, 0.05) is 18.6 Å². The van der Waals surface area contributed by atoms with Gasteiger partial charge in [-0.1, -0.05) is 13.8 Å². The molecule has 0 heterocycles. The molecule has 1 rings (SSSR count). The van der Waals surface area contributed by atoms with E-state index >= 15 is 0 Å². The monoisotopic (exact) mass is 306 g/mol. The maximum Gasteiger partial charge on any atom is 0.416 e. The number of likely N-dealkylation sites (N-methyl/N-ethyl adjacent to an activating group) is 1. The standard InChI is InChI=1S/C15H22F4N2/c1-4-13(5-2)21(3)14(9-20)10-6-11(15(17,18)19)8-12(16)7-10/h6-8,13-14H,4-5,9,20H2,1-3H3. The Morgan fingerprint density at radius 2 is 1.71 bits per heavy atom. The summed E-state index contributed by atoms with van der Waals surface area (Å²) in [6, 6.07) is 2.38. The first kappa shape index (κ1) is 17.9. The van der Waals surface area contributed by atoms with E-state index < -0.39 is 23.6 Å². The van der Waals surface area contributed by atoms with Crippen molar-refractivity contribution in [3.05, 3.63) is 35.1 Å². The normalized spacial score (nSPS) is 14.0. The Bertz CT molecular complexity index is 455. The smallest absolute Gasteiger partial charge is 0.329 e. The van der Waals surface area contributed by atoms with Crippen molar-refractivity contribution in [1.29, 1.82) is 0 Å². The number of hydrogen-bond acceptors (Lipinski definition) is 2. The molecule has 1 aromatic rings. The van der Waals surface area contributed by atoms with Gasteiger partial charge in [-0.2, -0.15) is 13.2 Å². The second-order valence-electron chi connectivity index (χ2n) is 5.16. The quantitative estimate of drug-likeness (QED) is 0.806. The van der Waals surface area contributed by atoms with E-state index in [9.17, 15) is 17.6 Å². The molecule has 120 valence electrons. The van der Waals surface area contributed by atoms with Crippen LogP contribution >= 0.6 is 0 Å². The molecule has 1 unspecified atom stereocenters. The summed E-state index contributed by atoms with van der Waals surface area (Å²) < 4.78 is 51.9. The van der Waals surface area contributed by atoms with E-state index in [1.54, 1.807) is 0 Å². The molecule has 0 aliphatic carbocycles. The van der Waals surface area contributed by atoms with Crippen LogP contribution < -0.4 is 5.73 Å². The molecule has 0 spiro atoms. The predicted molar refractivity (Wildman–Crippen MR) is 75.3 cm³/mol. The van der Waals surface area contributed by atoms with E-state index in [1.807, 2.05) is 25.8 Å². The number of nitrogens with two attached hydrogens (primary N) is 1. The first-order valence-electron chi connectivity index (χ1n) is 7.04. The van der Waals surface area contributed by atoms with Crippen molar-refractivity contribution in [3.63, 3.8) is 0 Å². The maximum atomic E-state index is 13.5. The van der Waals surface area contributed by atoms with E-state index in [1.165, 1.54) is 0 Å². The summed E-state index contributed by atoms with van der Waals surface area (Å²) in [5.41, 5.74) is 5.00. The number of nitrogens with zero attached hydrogens (tertiary/aromatic N) is 1. The van der Waals surface area contributed by atoms with Crippen molar-refractivity contribution >= 4 is 0 Å². The van der Waals surface area contributed by atoms with Gasteiger partial charge in [0.2, 0.25) is 0 Å². The molecule has 0 radical (unpaired) electrons. The fourth-order valence-electron chi connectivity index (χ4n) is 2.62. The Morgan fingerprint density at radius 3 is 2.14 bits per heavy atom. The zero-order valence-electron chi connectivity index (χ0n) is 12.5. The van der Waals surface area contributed by atoms with E-state index in [2.05, 4.69) is 0 Å². The molecule has 0 saturated carbocycles. The molecule has 0 amide bonds. The molecular weight excluding hydrogens is 284 g/mol. The molecule has 2 nitrogen and oxygen atoms in total. The molecular formula is C15H22F4N2. The van der Waals surface area contributed by atoms with Gasteiger partial charge in [-0.25, -0.2) is 4.39 Å². The Kier molecular flexibility index (Phi) is 6.16. The molecule has 6 heteroatoms. The van der Waals surface area contributed by atoms with Gasteiger partial charge in [0.15, 0.2) is 0 Å². The lowest BCUT2D eigenvalue weighted by Gasteiger charge is -2.34. The Morgan fingerprint density at radius 1 is 1.14 bits per heavy atom. The predicted octanol–water partition coefficient (Wildman–Crippen LogP) is 3.96. The first-order valence-corrected chi connectivity index (χ1v) is 7.04. The van der Waals surface area contributed by atoms with Crippen LogP contribution in [0.4, 0.5) is 17.6 Å². The number of hydrogen-bond donors (Lipinski definition) is 1. The lowest BCUT2D eigenvalue weighted by molar-refractivity contribution is -0.137. The lowest BCUT2D eigenvalue weighted by Crippen LogP contribution is -2.38. The topological polar surface area (TPSA) is 29.3 Å². The minimum Gasteiger partial charge on any atom is -0.329 e. The zero-order chi connectivity index (χ0) is 16.2. The highest BCUT2D eigenvalue weighted by Crippen LogP contribution is 2.33. The molecule has 1 atom stereocenters. The summed E-state index contributed by atoms with van der Waals surface area (Å²) in [4.78, 5) is 1.93. The van der Waals surface area contributed by atoms with Crippen LogP contribution in [0, 0.1) is 5.82 Å². The molecule has 2 N–H and O–H groups in total. The second kappa shape index (κ2) is 7.22. The van der Waals surface area contributed by atoms with Crippen molar-refractivity contribution in [1.82, 2.24) is 4.90 Å². The van der Waals surface area contributed by atoms with Crippen LogP contribution in [0.2, 0.25) is 0 Å². The first-order chi connectivity index (χ1) is 9.74. The molecule has 0 aromatic heterocycles. The van der Waals surface area contributed by atoms with Crippen LogP contribution in [0.3, 0.4) is 0 Å². The summed E-state index contributed by atoms with van der Waals surface area (Å²) >= 11 is 0. The summed E-state index contributed by atoms with van der Waals surface area (Å²) in [6.45, 7) is 4.14. The summed E-state index contributed by atoms with van der Waals surface area (Å²) in [6.07, 6.45) is -2.86. The number of halogens is 4. The second-order valence-corrected chi connectivity index (χ2v) is 5.16. The summed E-state index contributed by atoms with van der Waals surface area (Å²) in [7, 11) is 1.81. The fourth-order valence-corrected chi connectivity index (χ4v) is 2.62. The molecule has 1 aromatic carbocycles. The maximum absolute atomic E-state index is 13.5. The lowest BCUT2D eigenvalue weighted by atomic mass is 9.99. The number of benzene rings is 1. The zero-order valence-corrected chi connectivity index (χ0v) is 12.5. The fraction of sp³-hybridized carbons (Fsp3) is 0.600. The average Bonchev–Trinajstić information content (AvgIpc) is 2.39. The SMILES string of the molecule is CCC(CC)N(C)C(CN)c1cc(F)cc(C(F)(F)F)c1. The molecule has 0 aliphatic heterocycles. The van der Waals surface area contributed by atoms with Crippen molar-refractivity contribution in [2.75, 3.05) is 13.6 Å². The van der Waals surface area contributed by atoms with Gasteiger partial charge in [0.05, 0.1) is 5.56 Å². The Hall–Kier alpha value is -1.14. The van der Waals surface area contributed by atoms with E-state index in [-0.39, 0.29) is 18.2 Å². The van der Waals surface area contributed by atoms with Crippen LogP contribution in [-0.4, -0.2) is 24.5 Å². The average molecular weight is 306 g/mol. The highest BCUT2D eigenvalue weighted by atomic mass is 19.4. The summed E-state index contributed by atoms with van der Waals surface area (Å²) in [5, 5.41) is 0. The van der Waals surface area contributed by atoms with E-state index in [0.717, 1.165) is 25.0 Å². The van der Waals surface area contributed by atoms with Gasteiger partial charge in [-0.05, 0) is 43.7 Å². The van der Waals surface area contributed by atoms with Gasteiger partial charge in [-0.3, -0.25) is 4.90 Å². The van der Waals surface area contributed by atoms with E-state index in [4.69, 9.17) is 5.73 Å². The van der Waals surface area contributed by atoms with Gasteiger partial charge in [-0.15, -0.1) is 0 Å². The van der Waals surface area contributed by atoms with Gasteiger partial charge < -0.3 is 5.73 Å². The van der Waals surface area contributed by atoms with Crippen molar-refractivity contribution in [2.45, 2.75) is 44.9 Å². The highest BCUT2D eigenvalue weighted by molar-refractivity contribution is 5.29. The number of rotatable bonds is 6. The third kappa shape index (κ3) is 4.41. The summed E-state index contributed by atoms with van der Waals surface area (Å²) in [5.74, 6) is -0.892. The highest BCUT2D eigenvalue weighted by Gasteiger charge is 2.32. The van der Waals surface area contributed by atoms with E-state index in [0.29, 0.717) is 6.07 Å². The molecule has 0 fully saturated rings. The van der Waals surface area contributed by atoms with Crippen molar-refractivity contribution in [2.24, 2.45) is 5.73 Å². The molecule has 0 saturated heterocycles. The van der Waals surface area contributed by atoms with Crippen LogP contribution in [-0.2, 0) is 6.18 Å². The Labute approximate surface area is 122 Å². The molecule has 21 heavy (non-hydrogen) atoms. The minimum atomic E-state index is -4.57. The van der Waals surface area contributed by atoms with Crippen LogP contribution in [0.15, 0.2) is 18.2 Å². The molecule has 0 bridgehead atoms. The van der Waals surface area contributed by atoms with Gasteiger partial charge in [0.1, 0.15) is 5.82 Å².